The smallest absolute Gasteiger partial charge is 0.218 e. The zero-order valence-electron chi connectivity index (χ0n) is 11.2. The van der Waals surface area contributed by atoms with Gasteiger partial charge in [0.25, 0.3) is 0 Å². The van der Waals surface area contributed by atoms with E-state index in [-0.39, 0.29) is 17.9 Å². The zero-order valence-corrected chi connectivity index (χ0v) is 12.1. The molecule has 1 aliphatic rings. The highest BCUT2D eigenvalue weighted by atomic mass is 32.2. The van der Waals surface area contributed by atoms with Crippen LogP contribution in [0.4, 0.5) is 5.69 Å². The van der Waals surface area contributed by atoms with E-state index in [4.69, 9.17) is 10.5 Å². The predicted molar refractivity (Wildman–Crippen MR) is 75.1 cm³/mol. The van der Waals surface area contributed by atoms with Gasteiger partial charge in [-0.05, 0) is 31.0 Å². The Kier molecular flexibility index (Phi) is 4.13. The summed E-state index contributed by atoms with van der Waals surface area (Å²) in [5.41, 5.74) is 6.97. The van der Waals surface area contributed by atoms with Crippen molar-refractivity contribution in [2.24, 2.45) is 0 Å². The van der Waals surface area contributed by atoms with Crippen molar-refractivity contribution in [2.75, 3.05) is 19.4 Å². The highest BCUT2D eigenvalue weighted by Crippen LogP contribution is 2.22. The number of hydrogen-bond acceptors (Lipinski definition) is 4. The maximum absolute atomic E-state index is 12.4. The molecular weight excluding hydrogens is 264 g/mol. The molecule has 1 aromatic carbocycles. The molecule has 1 saturated heterocycles. The van der Waals surface area contributed by atoms with Crippen molar-refractivity contribution in [1.29, 1.82) is 0 Å². The van der Waals surface area contributed by atoms with Crippen LogP contribution >= 0.6 is 0 Å². The van der Waals surface area contributed by atoms with Crippen molar-refractivity contribution < 1.29 is 13.2 Å². The van der Waals surface area contributed by atoms with Crippen LogP contribution in [0, 0.1) is 0 Å². The number of nitrogens with zero attached hydrogens (tertiary/aromatic N) is 1. The van der Waals surface area contributed by atoms with Crippen LogP contribution in [0.15, 0.2) is 24.3 Å². The fraction of sp³-hybridized carbons (Fsp3) is 0.538. The van der Waals surface area contributed by atoms with Crippen molar-refractivity contribution >= 4 is 15.7 Å². The van der Waals surface area contributed by atoms with Gasteiger partial charge in [-0.3, -0.25) is 0 Å². The van der Waals surface area contributed by atoms with Crippen molar-refractivity contribution in [3.8, 4) is 0 Å². The number of ether oxygens (including phenoxy) is 1. The third kappa shape index (κ3) is 3.26. The predicted octanol–water partition coefficient (Wildman–Crippen LogP) is 1.21. The van der Waals surface area contributed by atoms with Gasteiger partial charge in [-0.25, -0.2) is 8.42 Å². The summed E-state index contributed by atoms with van der Waals surface area (Å²) >= 11 is 0. The monoisotopic (exact) mass is 284 g/mol. The summed E-state index contributed by atoms with van der Waals surface area (Å²) in [7, 11) is -1.70. The molecule has 2 atom stereocenters. The molecule has 2 rings (SSSR count). The van der Waals surface area contributed by atoms with Crippen molar-refractivity contribution in [3.05, 3.63) is 29.8 Å². The van der Waals surface area contributed by atoms with Crippen LogP contribution in [0.25, 0.3) is 0 Å². The third-order valence-corrected chi connectivity index (χ3v) is 5.42. The molecule has 2 N–H and O–H groups in total. The molecule has 0 bridgehead atoms. The van der Waals surface area contributed by atoms with Gasteiger partial charge in [0.2, 0.25) is 10.0 Å². The fourth-order valence-corrected chi connectivity index (χ4v) is 3.84. The van der Waals surface area contributed by atoms with E-state index in [1.165, 1.54) is 4.31 Å². The first-order valence-electron chi connectivity index (χ1n) is 6.32. The molecule has 0 aromatic heterocycles. The molecule has 0 radical (unpaired) electrons. The van der Waals surface area contributed by atoms with Crippen LogP contribution in [-0.2, 0) is 20.5 Å². The molecule has 1 aliphatic heterocycles. The van der Waals surface area contributed by atoms with E-state index >= 15 is 0 Å². The summed E-state index contributed by atoms with van der Waals surface area (Å²) in [5, 5.41) is 0. The Morgan fingerprint density at radius 2 is 2.00 bits per heavy atom. The maximum Gasteiger partial charge on any atom is 0.218 e. The number of anilines is 1. The number of rotatable bonds is 4. The molecule has 6 heteroatoms. The molecule has 1 fully saturated rings. The number of nitrogen functional groups attached to an aromatic ring is 1. The van der Waals surface area contributed by atoms with Gasteiger partial charge in [-0.1, -0.05) is 12.1 Å². The standard InChI is InChI=1S/C13H20N2O3S/c1-10-13(7-8-18-10)15(2)19(16,17)9-11-3-5-12(14)6-4-11/h3-6,10,13H,7-9,14H2,1-2H3. The minimum absolute atomic E-state index is 0.00694. The van der Waals surface area contributed by atoms with Crippen LogP contribution in [-0.4, -0.2) is 38.5 Å². The number of benzene rings is 1. The van der Waals surface area contributed by atoms with Crippen LogP contribution in [0.1, 0.15) is 18.9 Å². The largest absolute Gasteiger partial charge is 0.399 e. The molecular formula is C13H20N2O3S. The number of hydrogen-bond donors (Lipinski definition) is 1. The molecule has 106 valence electrons. The first-order chi connectivity index (χ1) is 8.90. The lowest BCUT2D eigenvalue weighted by Crippen LogP contribution is -2.41. The second-order valence-electron chi connectivity index (χ2n) is 4.95. The molecule has 0 saturated carbocycles. The van der Waals surface area contributed by atoms with E-state index < -0.39 is 10.0 Å². The van der Waals surface area contributed by atoms with Crippen molar-refractivity contribution in [3.63, 3.8) is 0 Å². The lowest BCUT2D eigenvalue weighted by atomic mass is 10.2. The average Bonchev–Trinajstić information content (AvgIpc) is 2.77. The molecule has 2 unspecified atom stereocenters. The molecule has 0 aliphatic carbocycles. The fourth-order valence-electron chi connectivity index (χ4n) is 2.33. The SMILES string of the molecule is CC1OCCC1N(C)S(=O)(=O)Cc1ccc(N)cc1. The quantitative estimate of drug-likeness (QED) is 0.843. The average molecular weight is 284 g/mol. The Labute approximate surface area is 114 Å². The van der Waals surface area contributed by atoms with Crippen LogP contribution in [0.5, 0.6) is 0 Å². The van der Waals surface area contributed by atoms with E-state index in [0.29, 0.717) is 12.3 Å². The van der Waals surface area contributed by atoms with Gasteiger partial charge >= 0.3 is 0 Å². The topological polar surface area (TPSA) is 72.6 Å². The van der Waals surface area contributed by atoms with Crippen LogP contribution in [0.2, 0.25) is 0 Å². The number of nitrogens with two attached hydrogens (primary N) is 1. The number of sulfonamides is 1. The second kappa shape index (κ2) is 5.48. The molecule has 0 spiro atoms. The first kappa shape index (κ1) is 14.3. The van der Waals surface area contributed by atoms with Gasteiger partial charge in [0, 0.05) is 19.3 Å². The summed E-state index contributed by atoms with van der Waals surface area (Å²) in [6.45, 7) is 2.53. The minimum atomic E-state index is -3.33. The Balaban J connectivity index is 2.11. The van der Waals surface area contributed by atoms with Gasteiger partial charge in [0.15, 0.2) is 0 Å². The normalized spacial score (nSPS) is 23.9. The second-order valence-corrected chi connectivity index (χ2v) is 6.97. The van der Waals surface area contributed by atoms with E-state index in [1.807, 2.05) is 6.92 Å². The van der Waals surface area contributed by atoms with Gasteiger partial charge in [0.05, 0.1) is 17.9 Å². The lowest BCUT2D eigenvalue weighted by molar-refractivity contribution is 0.102. The van der Waals surface area contributed by atoms with E-state index in [0.717, 1.165) is 12.0 Å². The third-order valence-electron chi connectivity index (χ3n) is 3.57. The highest BCUT2D eigenvalue weighted by Gasteiger charge is 2.34. The van der Waals surface area contributed by atoms with Crippen LogP contribution in [0.3, 0.4) is 0 Å². The Morgan fingerprint density at radius 3 is 2.53 bits per heavy atom. The van der Waals surface area contributed by atoms with Crippen LogP contribution < -0.4 is 5.73 Å². The molecule has 5 nitrogen and oxygen atoms in total. The van der Waals surface area contributed by atoms with Gasteiger partial charge < -0.3 is 10.5 Å². The highest BCUT2D eigenvalue weighted by molar-refractivity contribution is 7.88. The van der Waals surface area contributed by atoms with E-state index in [9.17, 15) is 8.42 Å². The summed E-state index contributed by atoms with van der Waals surface area (Å²) in [6.07, 6.45) is 0.699. The van der Waals surface area contributed by atoms with Gasteiger partial charge in [-0.15, -0.1) is 0 Å². The van der Waals surface area contributed by atoms with Gasteiger partial charge in [-0.2, -0.15) is 4.31 Å². The molecule has 1 heterocycles. The first-order valence-corrected chi connectivity index (χ1v) is 7.93. The van der Waals surface area contributed by atoms with E-state index in [2.05, 4.69) is 0 Å². The molecule has 19 heavy (non-hydrogen) atoms. The Morgan fingerprint density at radius 1 is 1.37 bits per heavy atom. The number of likely N-dealkylation sites (N-methyl/N-ethyl adjacent to an activating group) is 1. The summed E-state index contributed by atoms with van der Waals surface area (Å²) in [5.74, 6) is -0.00694. The lowest BCUT2D eigenvalue weighted by Gasteiger charge is -2.26. The summed E-state index contributed by atoms with van der Waals surface area (Å²) < 4.78 is 31.6. The van der Waals surface area contributed by atoms with Crippen molar-refractivity contribution in [1.82, 2.24) is 4.31 Å². The zero-order chi connectivity index (χ0) is 14.0. The Hall–Kier alpha value is -1.11. The summed E-state index contributed by atoms with van der Waals surface area (Å²) in [4.78, 5) is 0. The van der Waals surface area contributed by atoms with E-state index in [1.54, 1.807) is 31.3 Å². The Bertz CT molecular complexity index is 527. The maximum atomic E-state index is 12.4. The minimum Gasteiger partial charge on any atom is -0.399 e. The summed E-state index contributed by atoms with van der Waals surface area (Å²) in [6, 6.07) is 6.85. The molecule has 0 amide bonds. The molecule has 1 aromatic rings. The van der Waals surface area contributed by atoms with Crippen molar-refractivity contribution in [2.45, 2.75) is 31.2 Å². The van der Waals surface area contributed by atoms with Gasteiger partial charge in [0.1, 0.15) is 0 Å².